The van der Waals surface area contributed by atoms with Crippen LogP contribution in [-0.2, 0) is 9.59 Å². The van der Waals surface area contributed by atoms with Gasteiger partial charge in [-0.05, 0) is 18.9 Å². The second kappa shape index (κ2) is 5.97. The molecule has 1 heterocycles. The van der Waals surface area contributed by atoms with E-state index in [0.29, 0.717) is 13.0 Å². The number of nitrogens with two attached hydrogens (primary N) is 1. The van der Waals surface area contributed by atoms with Crippen LogP contribution >= 0.6 is 0 Å². The third-order valence-electron chi connectivity index (χ3n) is 3.14. The molecule has 0 aromatic carbocycles. The molecule has 6 heteroatoms. The van der Waals surface area contributed by atoms with Gasteiger partial charge in [0.15, 0.2) is 0 Å². The third kappa shape index (κ3) is 3.67. The number of amides is 1. The van der Waals surface area contributed by atoms with Crippen LogP contribution in [-0.4, -0.2) is 52.2 Å². The van der Waals surface area contributed by atoms with E-state index >= 15 is 0 Å². The Bertz CT molecular complexity index is 295. The van der Waals surface area contributed by atoms with Crippen molar-refractivity contribution < 1.29 is 19.8 Å². The summed E-state index contributed by atoms with van der Waals surface area (Å²) in [5.41, 5.74) is 5.45. The minimum atomic E-state index is -1.05. The Kier molecular flexibility index (Phi) is 4.89. The summed E-state index contributed by atoms with van der Waals surface area (Å²) < 4.78 is 0. The van der Waals surface area contributed by atoms with Crippen molar-refractivity contribution in [2.24, 2.45) is 11.7 Å². The maximum Gasteiger partial charge on any atom is 0.326 e. The molecule has 6 nitrogen and oxygen atoms in total. The quantitative estimate of drug-likeness (QED) is 0.599. The number of nitrogens with zero attached hydrogens (tertiary/aromatic N) is 1. The van der Waals surface area contributed by atoms with Crippen LogP contribution in [0.4, 0.5) is 0 Å². The fourth-order valence-corrected chi connectivity index (χ4v) is 1.95. The molecule has 1 fully saturated rings. The van der Waals surface area contributed by atoms with E-state index in [0.717, 1.165) is 0 Å². The molecular weight excluding hydrogens is 224 g/mol. The van der Waals surface area contributed by atoms with Crippen molar-refractivity contribution in [1.82, 2.24) is 4.90 Å². The van der Waals surface area contributed by atoms with Crippen molar-refractivity contribution in [3.63, 3.8) is 0 Å². The van der Waals surface area contributed by atoms with E-state index in [-0.39, 0.29) is 31.2 Å². The lowest BCUT2D eigenvalue weighted by Crippen LogP contribution is -2.40. The molecule has 0 bridgehead atoms. The highest BCUT2D eigenvalue weighted by molar-refractivity contribution is 5.84. The molecule has 1 amide bonds. The van der Waals surface area contributed by atoms with Crippen molar-refractivity contribution >= 4 is 11.9 Å². The minimum Gasteiger partial charge on any atom is -0.480 e. The molecule has 0 radical (unpaired) electrons. The molecule has 3 unspecified atom stereocenters. The summed E-state index contributed by atoms with van der Waals surface area (Å²) in [6.45, 7) is 2.58. The summed E-state index contributed by atoms with van der Waals surface area (Å²) in [6.07, 6.45) is 0.323. The van der Waals surface area contributed by atoms with Crippen molar-refractivity contribution in [1.29, 1.82) is 0 Å². The van der Waals surface area contributed by atoms with Gasteiger partial charge >= 0.3 is 5.97 Å². The predicted molar refractivity (Wildman–Crippen MR) is 61.2 cm³/mol. The third-order valence-corrected chi connectivity index (χ3v) is 3.14. The highest BCUT2D eigenvalue weighted by Gasteiger charge is 2.38. The van der Waals surface area contributed by atoms with E-state index in [1.807, 2.05) is 6.92 Å². The molecule has 1 saturated heterocycles. The number of likely N-dealkylation sites (tertiary alicyclic amines) is 1. The van der Waals surface area contributed by atoms with Gasteiger partial charge in [-0.3, -0.25) is 4.79 Å². The lowest BCUT2D eigenvalue weighted by molar-refractivity contribution is -0.148. The normalized spacial score (nSPS) is 25.9. The van der Waals surface area contributed by atoms with Gasteiger partial charge < -0.3 is 20.8 Å². The molecule has 0 aromatic rings. The number of rotatable bonds is 5. The molecule has 1 aliphatic rings. The van der Waals surface area contributed by atoms with Gasteiger partial charge in [0.2, 0.25) is 5.91 Å². The van der Waals surface area contributed by atoms with Crippen LogP contribution in [0, 0.1) is 5.92 Å². The molecule has 4 N–H and O–H groups in total. The lowest BCUT2D eigenvalue weighted by Gasteiger charge is -2.21. The standard InChI is InChI=1S/C11H20N2O4/c1-7(5-12)2-3-10(15)13-6-8(14)4-9(13)11(16)17/h7-9,14H,2-6,12H2,1H3,(H,16,17). The predicted octanol–water partition coefficient (Wildman–Crippen LogP) is -0.592. The number of aliphatic hydroxyl groups excluding tert-OH is 1. The summed E-state index contributed by atoms with van der Waals surface area (Å²) in [6, 6.07) is -0.884. The number of hydrogen-bond acceptors (Lipinski definition) is 4. The van der Waals surface area contributed by atoms with E-state index < -0.39 is 18.1 Å². The molecule has 1 rings (SSSR count). The fraction of sp³-hybridized carbons (Fsp3) is 0.818. The molecule has 0 aromatic heterocycles. The minimum absolute atomic E-state index is 0.118. The maximum absolute atomic E-state index is 11.8. The van der Waals surface area contributed by atoms with Crippen LogP contribution in [0.1, 0.15) is 26.2 Å². The van der Waals surface area contributed by atoms with Gasteiger partial charge in [-0.15, -0.1) is 0 Å². The summed E-state index contributed by atoms with van der Waals surface area (Å²) >= 11 is 0. The number of aliphatic hydroxyl groups is 1. The van der Waals surface area contributed by atoms with Crippen molar-refractivity contribution in [2.75, 3.05) is 13.1 Å². The lowest BCUT2D eigenvalue weighted by atomic mass is 10.1. The Morgan fingerprint density at radius 1 is 1.53 bits per heavy atom. The number of hydrogen-bond donors (Lipinski definition) is 3. The number of aliphatic carboxylic acids is 1. The van der Waals surface area contributed by atoms with Crippen molar-refractivity contribution in [3.8, 4) is 0 Å². The van der Waals surface area contributed by atoms with Crippen LogP contribution in [0.3, 0.4) is 0 Å². The topological polar surface area (TPSA) is 104 Å². The Balaban J connectivity index is 2.52. The summed E-state index contributed by atoms with van der Waals surface area (Å²) in [7, 11) is 0. The summed E-state index contributed by atoms with van der Waals surface area (Å²) in [5, 5.41) is 18.4. The Morgan fingerprint density at radius 3 is 2.71 bits per heavy atom. The second-order valence-electron chi connectivity index (χ2n) is 4.67. The largest absolute Gasteiger partial charge is 0.480 e. The summed E-state index contributed by atoms with van der Waals surface area (Å²) in [5.74, 6) is -1.02. The molecule has 0 saturated carbocycles. The first-order valence-corrected chi connectivity index (χ1v) is 5.86. The average Bonchev–Trinajstić information content (AvgIpc) is 2.67. The number of carbonyl (C=O) groups is 2. The molecule has 98 valence electrons. The number of carboxylic acid groups (broad SMARTS) is 1. The highest BCUT2D eigenvalue weighted by atomic mass is 16.4. The number of β-amino-alcohol motifs (C(OH)–C–C–N with tert-alkyl or cyclic N) is 1. The molecular formula is C11H20N2O4. The zero-order chi connectivity index (χ0) is 13.0. The first-order valence-electron chi connectivity index (χ1n) is 5.86. The van der Waals surface area contributed by atoms with E-state index in [1.54, 1.807) is 0 Å². The van der Waals surface area contributed by atoms with E-state index in [9.17, 15) is 14.7 Å². The zero-order valence-electron chi connectivity index (χ0n) is 10.0. The molecule has 1 aliphatic heterocycles. The Morgan fingerprint density at radius 2 is 2.18 bits per heavy atom. The van der Waals surface area contributed by atoms with Crippen molar-refractivity contribution in [3.05, 3.63) is 0 Å². The molecule has 17 heavy (non-hydrogen) atoms. The van der Waals surface area contributed by atoms with Crippen LogP contribution in [0.2, 0.25) is 0 Å². The molecule has 0 aliphatic carbocycles. The summed E-state index contributed by atoms with van der Waals surface area (Å²) in [4.78, 5) is 24.0. The van der Waals surface area contributed by atoms with Gasteiger partial charge in [-0.25, -0.2) is 4.79 Å². The van der Waals surface area contributed by atoms with Gasteiger partial charge in [0.25, 0.3) is 0 Å². The maximum atomic E-state index is 11.8. The average molecular weight is 244 g/mol. The van der Waals surface area contributed by atoms with Crippen LogP contribution in [0.15, 0.2) is 0 Å². The van der Waals surface area contributed by atoms with Crippen LogP contribution < -0.4 is 5.73 Å². The SMILES string of the molecule is CC(CN)CCC(=O)N1CC(O)CC1C(=O)O. The number of carbonyl (C=O) groups excluding carboxylic acids is 1. The Labute approximate surface area is 100 Å². The van der Waals surface area contributed by atoms with Gasteiger partial charge in [0.05, 0.1) is 6.10 Å². The number of carboxylic acids is 1. The van der Waals surface area contributed by atoms with E-state index in [1.165, 1.54) is 4.90 Å². The first kappa shape index (κ1) is 13.9. The zero-order valence-corrected chi connectivity index (χ0v) is 10.0. The monoisotopic (exact) mass is 244 g/mol. The Hall–Kier alpha value is -1.14. The van der Waals surface area contributed by atoms with E-state index in [4.69, 9.17) is 10.8 Å². The fourth-order valence-electron chi connectivity index (χ4n) is 1.95. The first-order chi connectivity index (χ1) is 7.95. The van der Waals surface area contributed by atoms with E-state index in [2.05, 4.69) is 0 Å². The van der Waals surface area contributed by atoms with Gasteiger partial charge in [-0.1, -0.05) is 6.92 Å². The van der Waals surface area contributed by atoms with Crippen molar-refractivity contribution in [2.45, 2.75) is 38.3 Å². The molecule has 3 atom stereocenters. The molecule has 0 spiro atoms. The van der Waals surface area contributed by atoms with Gasteiger partial charge in [-0.2, -0.15) is 0 Å². The second-order valence-corrected chi connectivity index (χ2v) is 4.67. The van der Waals surface area contributed by atoms with Gasteiger partial charge in [0, 0.05) is 19.4 Å². The van der Waals surface area contributed by atoms with Gasteiger partial charge in [0.1, 0.15) is 6.04 Å². The van der Waals surface area contributed by atoms with Crippen LogP contribution in [0.25, 0.3) is 0 Å². The smallest absolute Gasteiger partial charge is 0.326 e. The van der Waals surface area contributed by atoms with Crippen LogP contribution in [0.5, 0.6) is 0 Å². The highest BCUT2D eigenvalue weighted by Crippen LogP contribution is 2.20.